The van der Waals surface area contributed by atoms with Crippen LogP contribution >= 0.6 is 11.3 Å². The molecule has 1 aliphatic carbocycles. The van der Waals surface area contributed by atoms with Gasteiger partial charge >= 0.3 is 11.9 Å². The average molecular weight is 513 g/mol. The smallest absolute Gasteiger partial charge is 0.341 e. The van der Waals surface area contributed by atoms with Crippen LogP contribution < -0.4 is 5.32 Å². The standard InChI is InChI=1S/C26H28N2O7S/c1-13(2)21(28-23(30)15-7-5-6-8-16(15)24(28)31)26(33)35-12-19(29)27-22-20(25(32)34-4)17-10-9-14(3)11-18(17)36-22/h5-8,13-14,21H,9-12H2,1-4H3,(H,27,29). The van der Waals surface area contributed by atoms with Crippen LogP contribution in [-0.2, 0) is 31.9 Å². The largest absolute Gasteiger partial charge is 0.465 e. The van der Waals surface area contributed by atoms with Crippen molar-refractivity contribution >= 4 is 46.0 Å². The third-order valence-electron chi connectivity index (χ3n) is 6.48. The van der Waals surface area contributed by atoms with Gasteiger partial charge in [-0.05, 0) is 48.8 Å². The fourth-order valence-electron chi connectivity index (χ4n) is 4.68. The van der Waals surface area contributed by atoms with Gasteiger partial charge in [-0.15, -0.1) is 11.3 Å². The highest BCUT2D eigenvalue weighted by molar-refractivity contribution is 7.17. The first-order chi connectivity index (χ1) is 17.1. The zero-order chi connectivity index (χ0) is 26.1. The summed E-state index contributed by atoms with van der Waals surface area (Å²) in [6.07, 6.45) is 2.47. The molecule has 0 saturated heterocycles. The normalized spacial score (nSPS) is 17.5. The number of hydrogen-bond acceptors (Lipinski definition) is 8. The van der Waals surface area contributed by atoms with Gasteiger partial charge in [-0.25, -0.2) is 9.59 Å². The third kappa shape index (κ3) is 4.65. The molecule has 4 rings (SSSR count). The van der Waals surface area contributed by atoms with Crippen molar-refractivity contribution in [1.82, 2.24) is 4.90 Å². The molecule has 0 radical (unpaired) electrons. The second-order valence-corrected chi connectivity index (χ2v) is 10.5. The molecular formula is C26H28N2O7S. The molecular weight excluding hydrogens is 484 g/mol. The van der Waals surface area contributed by atoms with Crippen LogP contribution in [0, 0.1) is 11.8 Å². The first kappa shape index (κ1) is 25.6. The molecule has 36 heavy (non-hydrogen) atoms. The van der Waals surface area contributed by atoms with Gasteiger partial charge in [0.2, 0.25) is 0 Å². The number of methoxy groups -OCH3 is 1. The Morgan fingerprint density at radius 2 is 1.78 bits per heavy atom. The van der Waals surface area contributed by atoms with Crippen LogP contribution in [0.15, 0.2) is 24.3 Å². The molecule has 1 aromatic heterocycles. The van der Waals surface area contributed by atoms with Gasteiger partial charge in [0.1, 0.15) is 11.0 Å². The lowest BCUT2D eigenvalue weighted by molar-refractivity contribution is -0.152. The molecule has 10 heteroatoms. The van der Waals surface area contributed by atoms with Crippen molar-refractivity contribution in [3.05, 3.63) is 51.4 Å². The van der Waals surface area contributed by atoms with E-state index in [1.807, 2.05) is 0 Å². The molecule has 2 aliphatic rings. The van der Waals surface area contributed by atoms with Gasteiger partial charge in [0, 0.05) is 4.88 Å². The van der Waals surface area contributed by atoms with Crippen LogP contribution in [0.25, 0.3) is 0 Å². The molecule has 2 heterocycles. The van der Waals surface area contributed by atoms with Gasteiger partial charge in [-0.1, -0.05) is 32.9 Å². The summed E-state index contributed by atoms with van der Waals surface area (Å²) in [6, 6.07) is 5.17. The monoisotopic (exact) mass is 512 g/mol. The Bertz CT molecular complexity index is 1210. The fraction of sp³-hybridized carbons (Fsp3) is 0.423. The minimum atomic E-state index is -1.19. The van der Waals surface area contributed by atoms with Crippen molar-refractivity contribution in [3.8, 4) is 0 Å². The molecule has 0 fully saturated rings. The Balaban J connectivity index is 1.46. The zero-order valence-electron chi connectivity index (χ0n) is 20.6. The van der Waals surface area contributed by atoms with E-state index in [0.717, 1.165) is 34.6 Å². The number of carbonyl (C=O) groups is 5. The lowest BCUT2D eigenvalue weighted by Crippen LogP contribution is -2.49. The fourth-order valence-corrected chi connectivity index (χ4v) is 6.09. The average Bonchev–Trinajstić information content (AvgIpc) is 3.32. The minimum Gasteiger partial charge on any atom is -0.465 e. The molecule has 3 amide bonds. The van der Waals surface area contributed by atoms with Crippen molar-refractivity contribution < 1.29 is 33.4 Å². The minimum absolute atomic E-state index is 0.227. The number of imide groups is 1. The second kappa shape index (κ2) is 10.2. The maximum absolute atomic E-state index is 13.0. The number of nitrogens with one attached hydrogen (secondary N) is 1. The van der Waals surface area contributed by atoms with Crippen LogP contribution in [0.5, 0.6) is 0 Å². The first-order valence-electron chi connectivity index (χ1n) is 11.8. The quantitative estimate of drug-likeness (QED) is 0.446. The molecule has 2 aromatic rings. The van der Waals surface area contributed by atoms with Crippen LogP contribution in [-0.4, -0.2) is 54.3 Å². The van der Waals surface area contributed by atoms with E-state index in [4.69, 9.17) is 9.47 Å². The molecule has 9 nitrogen and oxygen atoms in total. The highest BCUT2D eigenvalue weighted by atomic mass is 32.1. The second-order valence-electron chi connectivity index (χ2n) is 9.42. The number of nitrogens with zero attached hydrogens (tertiary/aromatic N) is 1. The lowest BCUT2D eigenvalue weighted by Gasteiger charge is -2.27. The number of ether oxygens (including phenoxy) is 2. The summed E-state index contributed by atoms with van der Waals surface area (Å²) in [5.41, 5.74) is 1.69. The van der Waals surface area contributed by atoms with E-state index in [0.29, 0.717) is 16.5 Å². The van der Waals surface area contributed by atoms with Crippen molar-refractivity contribution in [2.75, 3.05) is 19.0 Å². The number of benzene rings is 1. The van der Waals surface area contributed by atoms with Crippen molar-refractivity contribution in [1.29, 1.82) is 0 Å². The summed E-state index contributed by atoms with van der Waals surface area (Å²) in [4.78, 5) is 65.8. The van der Waals surface area contributed by atoms with E-state index < -0.39 is 48.2 Å². The predicted molar refractivity (Wildman–Crippen MR) is 132 cm³/mol. The van der Waals surface area contributed by atoms with Crippen molar-refractivity contribution in [2.45, 2.75) is 46.1 Å². The van der Waals surface area contributed by atoms with E-state index in [1.165, 1.54) is 30.6 Å². The maximum Gasteiger partial charge on any atom is 0.341 e. The Labute approximate surface area is 212 Å². The maximum atomic E-state index is 13.0. The summed E-state index contributed by atoms with van der Waals surface area (Å²) in [6.45, 7) is 4.88. The number of fused-ring (bicyclic) bond motifs is 2. The van der Waals surface area contributed by atoms with Crippen LogP contribution in [0.4, 0.5) is 5.00 Å². The van der Waals surface area contributed by atoms with Crippen LogP contribution in [0.1, 0.15) is 68.7 Å². The van der Waals surface area contributed by atoms with Gasteiger partial charge in [0.25, 0.3) is 17.7 Å². The lowest BCUT2D eigenvalue weighted by atomic mass is 9.88. The van der Waals surface area contributed by atoms with E-state index in [-0.39, 0.29) is 11.1 Å². The van der Waals surface area contributed by atoms with E-state index in [9.17, 15) is 24.0 Å². The number of esters is 2. The molecule has 0 bridgehead atoms. The number of amides is 3. The molecule has 0 saturated carbocycles. The van der Waals surface area contributed by atoms with E-state index in [1.54, 1.807) is 26.0 Å². The highest BCUT2D eigenvalue weighted by Crippen LogP contribution is 2.40. The van der Waals surface area contributed by atoms with Gasteiger partial charge in [0.05, 0.1) is 23.8 Å². The van der Waals surface area contributed by atoms with Crippen LogP contribution in [0.2, 0.25) is 0 Å². The number of carbonyl (C=O) groups excluding carboxylic acids is 5. The zero-order valence-corrected chi connectivity index (χ0v) is 21.4. The van der Waals surface area contributed by atoms with Crippen LogP contribution in [0.3, 0.4) is 0 Å². The van der Waals surface area contributed by atoms with E-state index in [2.05, 4.69) is 12.2 Å². The highest BCUT2D eigenvalue weighted by Gasteiger charge is 2.44. The number of thiophene rings is 1. The third-order valence-corrected chi connectivity index (χ3v) is 7.65. The first-order valence-corrected chi connectivity index (χ1v) is 12.6. The van der Waals surface area contributed by atoms with E-state index >= 15 is 0 Å². The predicted octanol–water partition coefficient (Wildman–Crippen LogP) is 3.46. The molecule has 190 valence electrons. The van der Waals surface area contributed by atoms with Gasteiger partial charge in [-0.2, -0.15) is 0 Å². The summed E-state index contributed by atoms with van der Waals surface area (Å²) < 4.78 is 10.2. The number of hydrogen-bond donors (Lipinski definition) is 1. The molecule has 0 spiro atoms. The SMILES string of the molecule is COC(=O)c1c(NC(=O)COC(=O)C(C(C)C)N2C(=O)c3ccccc3C2=O)sc2c1CCC(C)C2. The Morgan fingerprint density at radius 1 is 1.14 bits per heavy atom. The summed E-state index contributed by atoms with van der Waals surface area (Å²) in [5, 5.41) is 3.04. The number of rotatable bonds is 7. The van der Waals surface area contributed by atoms with Gasteiger partial charge in [0.15, 0.2) is 6.61 Å². The molecule has 2 unspecified atom stereocenters. The summed E-state index contributed by atoms with van der Waals surface area (Å²) in [5.74, 6) is -3.14. The molecule has 1 aliphatic heterocycles. The molecule has 2 atom stereocenters. The Morgan fingerprint density at radius 3 is 2.36 bits per heavy atom. The van der Waals surface area contributed by atoms with Gasteiger partial charge in [-0.3, -0.25) is 19.3 Å². The number of anilines is 1. The van der Waals surface area contributed by atoms with Crippen molar-refractivity contribution in [2.24, 2.45) is 11.8 Å². The summed E-state index contributed by atoms with van der Waals surface area (Å²) in [7, 11) is 1.29. The van der Waals surface area contributed by atoms with Crippen molar-refractivity contribution in [3.63, 3.8) is 0 Å². The molecule has 1 aromatic carbocycles. The summed E-state index contributed by atoms with van der Waals surface area (Å²) >= 11 is 1.33. The Hall–Kier alpha value is -3.53. The molecule has 1 N–H and O–H groups in total. The Kier molecular flexibility index (Phi) is 7.26. The topological polar surface area (TPSA) is 119 Å². The van der Waals surface area contributed by atoms with Gasteiger partial charge < -0.3 is 14.8 Å².